The summed E-state index contributed by atoms with van der Waals surface area (Å²) in [6.45, 7) is 4.52. The van der Waals surface area contributed by atoms with Crippen molar-refractivity contribution in [2.24, 2.45) is 0 Å². The van der Waals surface area contributed by atoms with Gasteiger partial charge in [-0.05, 0) is 32.0 Å². The average molecular weight is 325 g/mol. The van der Waals surface area contributed by atoms with E-state index in [0.717, 1.165) is 0 Å². The Balaban J connectivity index is 2.70. The molecule has 1 atom stereocenters. The predicted molar refractivity (Wildman–Crippen MR) is 83.9 cm³/mol. The highest BCUT2D eigenvalue weighted by molar-refractivity contribution is 5.92. The van der Waals surface area contributed by atoms with Crippen LogP contribution < -0.4 is 14.8 Å². The SMILES string of the molecule is CCOc1cc(C(=O)O[C@@H](C)C(=O)NCCOC)ccc1OC. The normalized spacial score (nSPS) is 11.5. The van der Waals surface area contributed by atoms with Crippen molar-refractivity contribution in [2.75, 3.05) is 34.0 Å². The summed E-state index contributed by atoms with van der Waals surface area (Å²) in [5.41, 5.74) is 0.283. The molecule has 0 spiro atoms. The van der Waals surface area contributed by atoms with E-state index < -0.39 is 12.1 Å². The van der Waals surface area contributed by atoms with Crippen molar-refractivity contribution in [3.8, 4) is 11.5 Å². The number of carbonyl (C=O) groups is 2. The topological polar surface area (TPSA) is 83.1 Å². The van der Waals surface area contributed by atoms with Gasteiger partial charge in [-0.1, -0.05) is 0 Å². The van der Waals surface area contributed by atoms with Crippen LogP contribution in [0.2, 0.25) is 0 Å². The first-order chi connectivity index (χ1) is 11.0. The Labute approximate surface area is 135 Å². The lowest BCUT2D eigenvalue weighted by Crippen LogP contribution is -2.37. The molecule has 128 valence electrons. The predicted octanol–water partition coefficient (Wildman–Crippen LogP) is 1.40. The van der Waals surface area contributed by atoms with E-state index in [2.05, 4.69) is 5.32 Å². The van der Waals surface area contributed by atoms with Crippen LogP contribution in [0.25, 0.3) is 0 Å². The molecule has 0 saturated carbocycles. The van der Waals surface area contributed by atoms with Gasteiger partial charge in [-0.15, -0.1) is 0 Å². The number of esters is 1. The second-order valence-electron chi connectivity index (χ2n) is 4.63. The molecule has 0 radical (unpaired) electrons. The molecule has 7 nitrogen and oxygen atoms in total. The Morgan fingerprint density at radius 2 is 1.96 bits per heavy atom. The Morgan fingerprint density at radius 1 is 1.22 bits per heavy atom. The molecule has 1 rings (SSSR count). The minimum Gasteiger partial charge on any atom is -0.493 e. The van der Waals surface area contributed by atoms with Crippen LogP contribution in [0.1, 0.15) is 24.2 Å². The monoisotopic (exact) mass is 325 g/mol. The van der Waals surface area contributed by atoms with Crippen LogP contribution in [0.3, 0.4) is 0 Å². The number of carbonyl (C=O) groups excluding carboxylic acids is 2. The number of amides is 1. The van der Waals surface area contributed by atoms with Crippen LogP contribution in [0.4, 0.5) is 0 Å². The summed E-state index contributed by atoms with van der Waals surface area (Å²) in [6, 6.07) is 4.70. The van der Waals surface area contributed by atoms with E-state index in [1.807, 2.05) is 6.92 Å². The van der Waals surface area contributed by atoms with E-state index in [9.17, 15) is 9.59 Å². The molecule has 0 aliphatic carbocycles. The van der Waals surface area contributed by atoms with Crippen molar-refractivity contribution in [1.82, 2.24) is 5.32 Å². The number of benzene rings is 1. The highest BCUT2D eigenvalue weighted by atomic mass is 16.5. The zero-order valence-electron chi connectivity index (χ0n) is 13.9. The maximum absolute atomic E-state index is 12.1. The summed E-state index contributed by atoms with van der Waals surface area (Å²) in [6.07, 6.45) is -0.906. The third kappa shape index (κ3) is 5.78. The molecule has 23 heavy (non-hydrogen) atoms. The lowest BCUT2D eigenvalue weighted by atomic mass is 10.2. The first-order valence-corrected chi connectivity index (χ1v) is 7.31. The zero-order valence-corrected chi connectivity index (χ0v) is 13.9. The molecule has 1 amide bonds. The van der Waals surface area contributed by atoms with Crippen molar-refractivity contribution in [3.63, 3.8) is 0 Å². The summed E-state index contributed by atoms with van der Waals surface area (Å²) >= 11 is 0. The van der Waals surface area contributed by atoms with Gasteiger partial charge in [-0.25, -0.2) is 4.79 Å². The summed E-state index contributed by atoms with van der Waals surface area (Å²) in [4.78, 5) is 23.9. The molecule has 1 aromatic carbocycles. The fourth-order valence-corrected chi connectivity index (χ4v) is 1.77. The van der Waals surface area contributed by atoms with E-state index in [1.54, 1.807) is 12.1 Å². The first-order valence-electron chi connectivity index (χ1n) is 7.31. The summed E-state index contributed by atoms with van der Waals surface area (Å²) in [5, 5.41) is 2.60. The van der Waals surface area contributed by atoms with Crippen LogP contribution >= 0.6 is 0 Å². The Hall–Kier alpha value is -2.28. The number of nitrogens with one attached hydrogen (secondary N) is 1. The van der Waals surface area contributed by atoms with Crippen LogP contribution in [-0.2, 0) is 14.3 Å². The molecule has 0 fully saturated rings. The van der Waals surface area contributed by atoms with E-state index in [0.29, 0.717) is 31.3 Å². The van der Waals surface area contributed by atoms with Crippen LogP contribution in [0.5, 0.6) is 11.5 Å². The van der Waals surface area contributed by atoms with Gasteiger partial charge < -0.3 is 24.3 Å². The van der Waals surface area contributed by atoms with Gasteiger partial charge in [0.1, 0.15) is 0 Å². The van der Waals surface area contributed by atoms with Gasteiger partial charge in [0.25, 0.3) is 5.91 Å². The van der Waals surface area contributed by atoms with E-state index in [4.69, 9.17) is 18.9 Å². The summed E-state index contributed by atoms with van der Waals surface area (Å²) in [5.74, 6) is -0.0210. The first kappa shape index (κ1) is 18.8. The number of methoxy groups -OCH3 is 2. The van der Waals surface area contributed by atoms with Gasteiger partial charge in [0, 0.05) is 13.7 Å². The van der Waals surface area contributed by atoms with Crippen molar-refractivity contribution in [1.29, 1.82) is 0 Å². The fraction of sp³-hybridized carbons (Fsp3) is 0.500. The van der Waals surface area contributed by atoms with Crippen molar-refractivity contribution >= 4 is 11.9 Å². The quantitative estimate of drug-likeness (QED) is 0.546. The molecule has 0 aliphatic rings. The summed E-state index contributed by atoms with van der Waals surface area (Å²) in [7, 11) is 3.05. The third-order valence-corrected chi connectivity index (χ3v) is 2.96. The van der Waals surface area contributed by atoms with Gasteiger partial charge in [0.2, 0.25) is 0 Å². The summed E-state index contributed by atoms with van der Waals surface area (Å²) < 4.78 is 20.5. The van der Waals surface area contributed by atoms with E-state index in [1.165, 1.54) is 27.2 Å². The van der Waals surface area contributed by atoms with Crippen LogP contribution in [0.15, 0.2) is 18.2 Å². The van der Waals surface area contributed by atoms with Gasteiger partial charge in [0.15, 0.2) is 17.6 Å². The number of rotatable bonds is 9. The van der Waals surface area contributed by atoms with E-state index in [-0.39, 0.29) is 11.5 Å². The molecule has 1 N–H and O–H groups in total. The molecule has 0 aliphatic heterocycles. The molecule has 0 heterocycles. The molecule has 1 aromatic rings. The molecule has 0 aromatic heterocycles. The zero-order chi connectivity index (χ0) is 17.2. The van der Waals surface area contributed by atoms with Crippen molar-refractivity contribution in [3.05, 3.63) is 23.8 Å². The Morgan fingerprint density at radius 3 is 2.57 bits per heavy atom. The third-order valence-electron chi connectivity index (χ3n) is 2.96. The fourth-order valence-electron chi connectivity index (χ4n) is 1.77. The number of ether oxygens (including phenoxy) is 4. The largest absolute Gasteiger partial charge is 0.493 e. The second-order valence-corrected chi connectivity index (χ2v) is 4.63. The molecule has 7 heteroatoms. The minimum absolute atomic E-state index is 0.283. The number of hydrogen-bond acceptors (Lipinski definition) is 6. The maximum Gasteiger partial charge on any atom is 0.339 e. The highest BCUT2D eigenvalue weighted by Gasteiger charge is 2.19. The smallest absolute Gasteiger partial charge is 0.339 e. The van der Waals surface area contributed by atoms with Gasteiger partial charge in [-0.3, -0.25) is 4.79 Å². The molecular weight excluding hydrogens is 302 g/mol. The van der Waals surface area contributed by atoms with E-state index >= 15 is 0 Å². The second kappa shape index (κ2) is 9.68. The number of hydrogen-bond donors (Lipinski definition) is 1. The van der Waals surface area contributed by atoms with Gasteiger partial charge in [-0.2, -0.15) is 0 Å². The lowest BCUT2D eigenvalue weighted by molar-refractivity contribution is -0.129. The Kier molecular flexibility index (Phi) is 7.90. The minimum atomic E-state index is -0.906. The van der Waals surface area contributed by atoms with Crippen molar-refractivity contribution < 1.29 is 28.5 Å². The Bertz CT molecular complexity index is 531. The van der Waals surface area contributed by atoms with Crippen LogP contribution in [0, 0.1) is 0 Å². The standard InChI is InChI=1S/C16H23NO6/c1-5-22-14-10-12(6-7-13(14)21-4)16(19)23-11(2)15(18)17-8-9-20-3/h6-7,10-11H,5,8-9H2,1-4H3,(H,17,18)/t11-/m0/s1. The molecular formula is C16H23NO6. The molecule has 0 unspecified atom stereocenters. The van der Waals surface area contributed by atoms with Crippen LogP contribution in [-0.4, -0.2) is 52.0 Å². The maximum atomic E-state index is 12.1. The van der Waals surface area contributed by atoms with Gasteiger partial charge in [0.05, 0.1) is 25.9 Å². The van der Waals surface area contributed by atoms with Gasteiger partial charge >= 0.3 is 5.97 Å². The molecule has 0 bridgehead atoms. The lowest BCUT2D eigenvalue weighted by Gasteiger charge is -2.14. The average Bonchev–Trinajstić information content (AvgIpc) is 2.55. The van der Waals surface area contributed by atoms with Crippen molar-refractivity contribution in [2.45, 2.75) is 20.0 Å². The highest BCUT2D eigenvalue weighted by Crippen LogP contribution is 2.28. The molecule has 0 saturated heterocycles.